The van der Waals surface area contributed by atoms with Gasteiger partial charge in [0.15, 0.2) is 11.5 Å². The molecule has 0 amide bonds. The van der Waals surface area contributed by atoms with Gasteiger partial charge in [-0.2, -0.15) is 0 Å². The first-order chi connectivity index (χ1) is 9.19. The van der Waals surface area contributed by atoms with Gasteiger partial charge in [0, 0.05) is 0 Å². The smallest absolute Gasteiger partial charge is 0.161 e. The van der Waals surface area contributed by atoms with E-state index in [1.165, 1.54) is 0 Å². The number of unbranched alkanes of at least 4 members (excludes halogenated alkanes) is 3. The van der Waals surface area contributed by atoms with Crippen LogP contribution >= 0.6 is 0 Å². The first-order valence-corrected chi connectivity index (χ1v) is 6.78. The highest BCUT2D eigenvalue weighted by Gasteiger charge is 2.08. The number of benzene rings is 1. The number of hydrogen-bond donors (Lipinski definition) is 1. The average molecular weight is 264 g/mol. The number of ether oxygens (including phenoxy) is 2. The van der Waals surface area contributed by atoms with E-state index in [1.807, 2.05) is 24.3 Å². The van der Waals surface area contributed by atoms with Crippen LogP contribution in [0.4, 0.5) is 0 Å². The summed E-state index contributed by atoms with van der Waals surface area (Å²) in [6.45, 7) is 6.12. The van der Waals surface area contributed by atoms with Crippen molar-refractivity contribution in [2.24, 2.45) is 0 Å². The van der Waals surface area contributed by atoms with E-state index in [0.717, 1.165) is 37.0 Å². The zero-order valence-corrected chi connectivity index (χ0v) is 11.9. The van der Waals surface area contributed by atoms with Crippen LogP contribution in [0.1, 0.15) is 44.3 Å². The van der Waals surface area contributed by atoms with Crippen molar-refractivity contribution in [1.82, 2.24) is 0 Å². The normalized spacial score (nSPS) is 11.9. The van der Waals surface area contributed by atoms with Gasteiger partial charge in [-0.15, -0.1) is 6.58 Å². The van der Waals surface area contributed by atoms with Crippen LogP contribution < -0.4 is 9.47 Å². The molecule has 0 heterocycles. The summed E-state index contributed by atoms with van der Waals surface area (Å²) < 4.78 is 11.0. The predicted octanol–water partition coefficient (Wildman–Crippen LogP) is 3.87. The van der Waals surface area contributed by atoms with E-state index in [2.05, 4.69) is 6.58 Å². The Morgan fingerprint density at radius 3 is 2.68 bits per heavy atom. The van der Waals surface area contributed by atoms with Gasteiger partial charge in [-0.3, -0.25) is 0 Å². The molecule has 1 aromatic rings. The van der Waals surface area contributed by atoms with Gasteiger partial charge in [-0.25, -0.2) is 0 Å². The maximum absolute atomic E-state index is 9.53. The summed E-state index contributed by atoms with van der Waals surface area (Å²) >= 11 is 0. The molecule has 106 valence electrons. The molecule has 0 spiro atoms. The molecule has 0 fully saturated rings. The van der Waals surface area contributed by atoms with Crippen molar-refractivity contribution in [3.05, 3.63) is 36.4 Å². The monoisotopic (exact) mass is 264 g/mol. The molecule has 3 heteroatoms. The van der Waals surface area contributed by atoms with Crippen molar-refractivity contribution in [3.63, 3.8) is 0 Å². The highest BCUT2D eigenvalue weighted by atomic mass is 16.5. The van der Waals surface area contributed by atoms with Crippen molar-refractivity contribution < 1.29 is 14.6 Å². The van der Waals surface area contributed by atoms with Crippen LogP contribution in [-0.4, -0.2) is 18.8 Å². The summed E-state index contributed by atoms with van der Waals surface area (Å²) in [5.74, 6) is 1.40. The number of methoxy groups -OCH3 is 1. The Bertz CT molecular complexity index is 386. The molecule has 0 saturated heterocycles. The minimum absolute atomic E-state index is 0.498. The molecule has 1 rings (SSSR count). The summed E-state index contributed by atoms with van der Waals surface area (Å²) in [6, 6.07) is 5.53. The van der Waals surface area contributed by atoms with Crippen molar-refractivity contribution in [3.8, 4) is 11.5 Å². The summed E-state index contributed by atoms with van der Waals surface area (Å²) in [4.78, 5) is 0. The van der Waals surface area contributed by atoms with Crippen molar-refractivity contribution in [2.75, 3.05) is 13.7 Å². The summed E-state index contributed by atoms with van der Waals surface area (Å²) in [5, 5.41) is 9.53. The SMILES string of the molecule is C=CCCCCCOc1ccc(C(C)O)cc1OC. The summed E-state index contributed by atoms with van der Waals surface area (Å²) in [6.07, 6.45) is 5.83. The van der Waals surface area contributed by atoms with E-state index >= 15 is 0 Å². The maximum Gasteiger partial charge on any atom is 0.161 e. The third kappa shape index (κ3) is 5.35. The van der Waals surface area contributed by atoms with Crippen LogP contribution in [0.5, 0.6) is 11.5 Å². The van der Waals surface area contributed by atoms with Gasteiger partial charge in [0.2, 0.25) is 0 Å². The van der Waals surface area contributed by atoms with Crippen molar-refractivity contribution >= 4 is 0 Å². The molecule has 1 atom stereocenters. The van der Waals surface area contributed by atoms with E-state index in [-0.39, 0.29) is 0 Å². The van der Waals surface area contributed by atoms with E-state index in [4.69, 9.17) is 9.47 Å². The molecule has 0 aliphatic heterocycles. The number of aliphatic hydroxyl groups excluding tert-OH is 1. The van der Waals surface area contributed by atoms with E-state index < -0.39 is 6.10 Å². The third-order valence-electron chi connectivity index (χ3n) is 2.98. The molecule has 0 bridgehead atoms. The zero-order valence-electron chi connectivity index (χ0n) is 11.9. The fourth-order valence-corrected chi connectivity index (χ4v) is 1.81. The van der Waals surface area contributed by atoms with Crippen LogP contribution in [0, 0.1) is 0 Å². The van der Waals surface area contributed by atoms with Gasteiger partial charge >= 0.3 is 0 Å². The molecular weight excluding hydrogens is 240 g/mol. The Balaban J connectivity index is 2.46. The van der Waals surface area contributed by atoms with E-state index in [9.17, 15) is 5.11 Å². The Kier molecular flexibility index (Phi) is 7.04. The molecule has 19 heavy (non-hydrogen) atoms. The predicted molar refractivity (Wildman–Crippen MR) is 77.8 cm³/mol. The van der Waals surface area contributed by atoms with Crippen molar-refractivity contribution in [2.45, 2.75) is 38.7 Å². The van der Waals surface area contributed by atoms with Gasteiger partial charge < -0.3 is 14.6 Å². The standard InChI is InChI=1S/C16H24O3/c1-4-5-6-7-8-11-19-15-10-9-14(13(2)17)12-16(15)18-3/h4,9-10,12-13,17H,1,5-8,11H2,2-3H3. The molecule has 1 unspecified atom stereocenters. The summed E-state index contributed by atoms with van der Waals surface area (Å²) in [7, 11) is 1.61. The van der Waals surface area contributed by atoms with E-state index in [1.54, 1.807) is 14.0 Å². The second-order valence-corrected chi connectivity index (χ2v) is 4.57. The van der Waals surface area contributed by atoms with E-state index in [0.29, 0.717) is 12.4 Å². The number of allylic oxidation sites excluding steroid dienone is 1. The quantitative estimate of drug-likeness (QED) is 0.543. The van der Waals surface area contributed by atoms with Crippen LogP contribution in [0.3, 0.4) is 0 Å². The fourth-order valence-electron chi connectivity index (χ4n) is 1.81. The van der Waals surface area contributed by atoms with Crippen LogP contribution in [-0.2, 0) is 0 Å². The lowest BCUT2D eigenvalue weighted by Crippen LogP contribution is -2.00. The number of rotatable bonds is 9. The Morgan fingerprint density at radius 2 is 2.05 bits per heavy atom. The number of aliphatic hydroxyl groups is 1. The minimum atomic E-state index is -0.498. The van der Waals surface area contributed by atoms with Crippen LogP contribution in [0.25, 0.3) is 0 Å². The molecule has 1 aromatic carbocycles. The summed E-state index contributed by atoms with van der Waals surface area (Å²) in [5.41, 5.74) is 0.829. The zero-order chi connectivity index (χ0) is 14.1. The highest BCUT2D eigenvalue weighted by Crippen LogP contribution is 2.30. The molecule has 1 N–H and O–H groups in total. The highest BCUT2D eigenvalue weighted by molar-refractivity contribution is 5.43. The minimum Gasteiger partial charge on any atom is -0.493 e. The lowest BCUT2D eigenvalue weighted by atomic mass is 10.1. The first-order valence-electron chi connectivity index (χ1n) is 6.78. The van der Waals surface area contributed by atoms with Crippen LogP contribution in [0.2, 0.25) is 0 Å². The second kappa shape index (κ2) is 8.59. The molecule has 0 aromatic heterocycles. The third-order valence-corrected chi connectivity index (χ3v) is 2.98. The van der Waals surface area contributed by atoms with Crippen LogP contribution in [0.15, 0.2) is 30.9 Å². The molecule has 0 radical (unpaired) electrons. The lowest BCUT2D eigenvalue weighted by Gasteiger charge is -2.13. The topological polar surface area (TPSA) is 38.7 Å². The fraction of sp³-hybridized carbons (Fsp3) is 0.500. The first kappa shape index (κ1) is 15.6. The molecular formula is C16H24O3. The molecule has 0 saturated carbocycles. The van der Waals surface area contributed by atoms with Crippen molar-refractivity contribution in [1.29, 1.82) is 0 Å². The maximum atomic E-state index is 9.53. The largest absolute Gasteiger partial charge is 0.493 e. The Hall–Kier alpha value is -1.48. The average Bonchev–Trinajstić information content (AvgIpc) is 2.42. The second-order valence-electron chi connectivity index (χ2n) is 4.57. The Labute approximate surface area is 115 Å². The van der Waals surface area contributed by atoms with Gasteiger partial charge in [0.25, 0.3) is 0 Å². The van der Waals surface area contributed by atoms with Gasteiger partial charge in [0.1, 0.15) is 0 Å². The molecule has 3 nitrogen and oxygen atoms in total. The molecule has 0 aliphatic carbocycles. The number of hydrogen-bond acceptors (Lipinski definition) is 3. The van der Waals surface area contributed by atoms with Gasteiger partial charge in [0.05, 0.1) is 19.8 Å². The molecule has 0 aliphatic rings. The van der Waals surface area contributed by atoms with Gasteiger partial charge in [-0.05, 0) is 50.3 Å². The Morgan fingerprint density at radius 1 is 1.26 bits per heavy atom. The lowest BCUT2D eigenvalue weighted by molar-refractivity contribution is 0.198. The van der Waals surface area contributed by atoms with Gasteiger partial charge in [-0.1, -0.05) is 12.1 Å².